The highest BCUT2D eigenvalue weighted by Gasteiger charge is 2.07. The van der Waals surface area contributed by atoms with E-state index in [1.54, 1.807) is 11.9 Å². The van der Waals surface area contributed by atoms with Gasteiger partial charge in [0.05, 0.1) is 12.3 Å². The van der Waals surface area contributed by atoms with E-state index in [1.165, 1.54) is 6.07 Å². The fraction of sp³-hybridized carbons (Fsp3) is 0.429. The van der Waals surface area contributed by atoms with Crippen LogP contribution in [0.4, 0.5) is 11.5 Å². The minimum absolute atomic E-state index is 0.0419. The van der Waals surface area contributed by atoms with Gasteiger partial charge in [0.25, 0.3) is 0 Å². The van der Waals surface area contributed by atoms with E-state index in [0.29, 0.717) is 18.1 Å². The predicted octanol–water partition coefficient (Wildman–Crippen LogP) is 0.141. The third-order valence-electron chi connectivity index (χ3n) is 1.57. The first-order valence-electron chi connectivity index (χ1n) is 3.76. The molecule has 0 unspecified atom stereocenters. The van der Waals surface area contributed by atoms with E-state index in [1.807, 2.05) is 0 Å². The van der Waals surface area contributed by atoms with Crippen LogP contribution < -0.4 is 10.6 Å². The lowest BCUT2D eigenvalue weighted by Gasteiger charge is -2.17. The first-order valence-corrected chi connectivity index (χ1v) is 4.13. The molecule has 0 aromatic carbocycles. The quantitative estimate of drug-likeness (QED) is 0.730. The Labute approximate surface area is 81.1 Å². The molecule has 0 bridgehead atoms. The van der Waals surface area contributed by atoms with Crippen LogP contribution in [0.25, 0.3) is 0 Å². The molecule has 1 aromatic rings. The molecule has 1 heterocycles. The van der Waals surface area contributed by atoms with Crippen molar-refractivity contribution in [1.82, 2.24) is 10.2 Å². The van der Waals surface area contributed by atoms with Gasteiger partial charge >= 0.3 is 0 Å². The van der Waals surface area contributed by atoms with Crippen molar-refractivity contribution in [3.63, 3.8) is 0 Å². The minimum Gasteiger partial charge on any atom is -0.396 e. The molecule has 5 nitrogen and oxygen atoms in total. The van der Waals surface area contributed by atoms with Gasteiger partial charge in [0.2, 0.25) is 0 Å². The van der Waals surface area contributed by atoms with Crippen molar-refractivity contribution >= 4 is 23.1 Å². The first kappa shape index (κ1) is 10.0. The van der Waals surface area contributed by atoms with Gasteiger partial charge in [-0.05, 0) is 0 Å². The maximum absolute atomic E-state index is 8.69. The summed E-state index contributed by atoms with van der Waals surface area (Å²) in [5.74, 6) is 0.526. The van der Waals surface area contributed by atoms with Crippen molar-refractivity contribution < 1.29 is 5.11 Å². The van der Waals surface area contributed by atoms with Crippen molar-refractivity contribution in [2.24, 2.45) is 0 Å². The van der Waals surface area contributed by atoms with Crippen LogP contribution in [0.5, 0.6) is 0 Å². The lowest BCUT2D eigenvalue weighted by molar-refractivity contribution is 0.304. The van der Waals surface area contributed by atoms with Crippen LogP contribution >= 0.6 is 11.6 Å². The third kappa shape index (κ3) is 2.43. The third-order valence-corrected chi connectivity index (χ3v) is 1.75. The molecule has 3 N–H and O–H groups in total. The molecule has 1 rings (SSSR count). The van der Waals surface area contributed by atoms with Crippen molar-refractivity contribution in [3.8, 4) is 0 Å². The van der Waals surface area contributed by atoms with Crippen LogP contribution in [0.2, 0.25) is 5.15 Å². The molecule has 0 spiro atoms. The van der Waals surface area contributed by atoms with E-state index < -0.39 is 0 Å². The van der Waals surface area contributed by atoms with Gasteiger partial charge in [0.1, 0.15) is 0 Å². The summed E-state index contributed by atoms with van der Waals surface area (Å²) in [4.78, 5) is 1.71. The average molecular weight is 203 g/mol. The number of nitrogens with two attached hydrogens (primary N) is 1. The van der Waals surface area contributed by atoms with Gasteiger partial charge < -0.3 is 15.7 Å². The highest BCUT2D eigenvalue weighted by molar-refractivity contribution is 6.29. The molecule has 0 atom stereocenters. The second-order valence-electron chi connectivity index (χ2n) is 2.59. The normalized spacial score (nSPS) is 10.1. The number of hydrogen-bond acceptors (Lipinski definition) is 5. The fourth-order valence-electron chi connectivity index (χ4n) is 0.927. The lowest BCUT2D eigenvalue weighted by atomic mass is 10.4. The van der Waals surface area contributed by atoms with E-state index in [0.717, 1.165) is 0 Å². The van der Waals surface area contributed by atoms with Gasteiger partial charge in [0.15, 0.2) is 11.0 Å². The Morgan fingerprint density at radius 2 is 2.31 bits per heavy atom. The maximum atomic E-state index is 8.69. The number of rotatable bonds is 3. The molecular weight excluding hydrogens is 192 g/mol. The average Bonchev–Trinajstić information content (AvgIpc) is 2.04. The number of aliphatic hydroxyl groups is 1. The van der Waals surface area contributed by atoms with Crippen LogP contribution in [0.3, 0.4) is 0 Å². The van der Waals surface area contributed by atoms with E-state index in [2.05, 4.69) is 10.2 Å². The molecule has 0 aliphatic carbocycles. The summed E-state index contributed by atoms with van der Waals surface area (Å²) in [7, 11) is 1.77. The second-order valence-corrected chi connectivity index (χ2v) is 2.98. The Balaban J connectivity index is 2.88. The number of nitrogens with zero attached hydrogens (tertiary/aromatic N) is 3. The molecule has 13 heavy (non-hydrogen) atoms. The predicted molar refractivity (Wildman–Crippen MR) is 51.8 cm³/mol. The highest BCUT2D eigenvalue weighted by Crippen LogP contribution is 2.19. The summed E-state index contributed by atoms with van der Waals surface area (Å²) < 4.78 is 0. The van der Waals surface area contributed by atoms with Crippen LogP contribution in [0.1, 0.15) is 0 Å². The standard InChI is InChI=1S/C7H11ClN4O/c1-12(2-3-13)7-5(9)4-6(8)10-11-7/h4,13H,2-3H2,1H3,(H2,9,10). The topological polar surface area (TPSA) is 75.3 Å². The number of hydrogen-bond donors (Lipinski definition) is 2. The monoisotopic (exact) mass is 202 g/mol. The van der Waals surface area contributed by atoms with Crippen molar-refractivity contribution in [2.75, 3.05) is 30.8 Å². The summed E-state index contributed by atoms with van der Waals surface area (Å²) in [6.07, 6.45) is 0. The molecule has 6 heteroatoms. The van der Waals surface area contributed by atoms with E-state index >= 15 is 0 Å². The van der Waals surface area contributed by atoms with Gasteiger partial charge in [-0.2, -0.15) is 0 Å². The Morgan fingerprint density at radius 1 is 1.62 bits per heavy atom. The van der Waals surface area contributed by atoms with Crippen molar-refractivity contribution in [3.05, 3.63) is 11.2 Å². The smallest absolute Gasteiger partial charge is 0.174 e. The van der Waals surface area contributed by atoms with E-state index in [9.17, 15) is 0 Å². The summed E-state index contributed by atoms with van der Waals surface area (Å²) >= 11 is 5.58. The van der Waals surface area contributed by atoms with Gasteiger partial charge in [-0.25, -0.2) is 0 Å². The Kier molecular flexibility index (Phi) is 3.27. The summed E-state index contributed by atoms with van der Waals surface area (Å²) in [5.41, 5.74) is 6.10. The first-order chi connectivity index (χ1) is 6.15. The largest absolute Gasteiger partial charge is 0.396 e. The van der Waals surface area contributed by atoms with Crippen molar-refractivity contribution in [2.45, 2.75) is 0 Å². The van der Waals surface area contributed by atoms with Gasteiger partial charge in [0, 0.05) is 19.7 Å². The number of aromatic nitrogens is 2. The molecule has 0 saturated heterocycles. The highest BCUT2D eigenvalue weighted by atomic mass is 35.5. The second kappa shape index (κ2) is 4.25. The number of halogens is 1. The van der Waals surface area contributed by atoms with Crippen LogP contribution in [0.15, 0.2) is 6.07 Å². The molecule has 0 aliphatic heterocycles. The molecule has 0 aliphatic rings. The summed E-state index contributed by atoms with van der Waals surface area (Å²) in [6.45, 7) is 0.501. The van der Waals surface area contributed by atoms with Crippen LogP contribution in [-0.4, -0.2) is 35.5 Å². The zero-order valence-corrected chi connectivity index (χ0v) is 7.99. The minimum atomic E-state index is 0.0419. The number of aliphatic hydroxyl groups excluding tert-OH is 1. The maximum Gasteiger partial charge on any atom is 0.174 e. The van der Waals surface area contributed by atoms with E-state index in [-0.39, 0.29) is 11.8 Å². The summed E-state index contributed by atoms with van der Waals surface area (Å²) in [5, 5.41) is 16.4. The molecule has 0 fully saturated rings. The molecular formula is C7H11ClN4O. The molecule has 0 radical (unpaired) electrons. The fourth-order valence-corrected chi connectivity index (χ4v) is 1.08. The number of nitrogen functional groups attached to an aromatic ring is 1. The Hall–Kier alpha value is -1.07. The molecule has 0 saturated carbocycles. The zero-order chi connectivity index (χ0) is 9.84. The van der Waals surface area contributed by atoms with E-state index in [4.69, 9.17) is 22.4 Å². The Bertz CT molecular complexity index is 294. The molecule has 72 valence electrons. The van der Waals surface area contributed by atoms with Gasteiger partial charge in [-0.3, -0.25) is 0 Å². The number of anilines is 2. The number of likely N-dealkylation sites (N-methyl/N-ethyl adjacent to an activating group) is 1. The van der Waals surface area contributed by atoms with Gasteiger partial charge in [-0.15, -0.1) is 10.2 Å². The Morgan fingerprint density at radius 3 is 2.85 bits per heavy atom. The van der Waals surface area contributed by atoms with Gasteiger partial charge in [-0.1, -0.05) is 11.6 Å². The zero-order valence-electron chi connectivity index (χ0n) is 7.24. The van der Waals surface area contributed by atoms with Crippen LogP contribution in [-0.2, 0) is 0 Å². The van der Waals surface area contributed by atoms with Crippen molar-refractivity contribution in [1.29, 1.82) is 0 Å². The SMILES string of the molecule is CN(CCO)c1nnc(Cl)cc1N. The van der Waals surface area contributed by atoms with Crippen LogP contribution in [0, 0.1) is 0 Å². The molecule has 1 aromatic heterocycles. The summed E-state index contributed by atoms with van der Waals surface area (Å²) in [6, 6.07) is 1.53. The lowest BCUT2D eigenvalue weighted by Crippen LogP contribution is -2.23. The molecule has 0 amide bonds.